The Balaban J connectivity index is 1.94. The maximum atomic E-state index is 11.5. The molecule has 1 aromatic heterocycles. The van der Waals surface area contributed by atoms with Crippen LogP contribution in [0.15, 0.2) is 46.9 Å². The summed E-state index contributed by atoms with van der Waals surface area (Å²) < 4.78 is 0.830. The number of fused-ring (bicyclic) bond motifs is 3. The van der Waals surface area contributed by atoms with Gasteiger partial charge in [-0.2, -0.15) is 0 Å². The first kappa shape index (κ1) is 15.2. The molecule has 0 unspecified atom stereocenters. The van der Waals surface area contributed by atoms with E-state index in [0.717, 1.165) is 26.6 Å². The molecule has 0 spiro atoms. The quantitative estimate of drug-likeness (QED) is 0.612. The normalized spacial score (nSPS) is 20.0. The minimum Gasteiger partial charge on any atom is -0.544 e. The van der Waals surface area contributed by atoms with Crippen LogP contribution < -0.4 is 10.4 Å². The van der Waals surface area contributed by atoms with E-state index in [2.05, 4.69) is 20.9 Å². The fourth-order valence-corrected chi connectivity index (χ4v) is 3.90. The van der Waals surface area contributed by atoms with Crippen LogP contribution in [0.25, 0.3) is 10.9 Å². The first-order valence-electron chi connectivity index (χ1n) is 7.68. The molecule has 0 amide bonds. The molecule has 2 atom stereocenters. The van der Waals surface area contributed by atoms with Crippen molar-refractivity contribution in [2.75, 3.05) is 0 Å². The molecule has 1 aliphatic heterocycles. The molecular weight excluding hydrogens is 372 g/mol. The lowest BCUT2D eigenvalue weighted by atomic mass is 9.90. The molecule has 4 N–H and O–H groups in total. The first-order chi connectivity index (χ1) is 11.5. The zero-order chi connectivity index (χ0) is 16.8. The number of hydrogen-bond donors (Lipinski definition) is 3. The molecular formula is C18H15BrN2O3. The molecule has 0 bridgehead atoms. The van der Waals surface area contributed by atoms with Gasteiger partial charge in [0.25, 0.3) is 0 Å². The number of aromatic nitrogens is 1. The number of rotatable bonds is 2. The van der Waals surface area contributed by atoms with Crippen molar-refractivity contribution in [3.63, 3.8) is 0 Å². The fourth-order valence-electron chi connectivity index (χ4n) is 3.52. The number of phenolic OH excluding ortho intramolecular Hbond substituents is 1. The molecule has 0 saturated heterocycles. The fraction of sp³-hybridized carbons (Fsp3) is 0.167. The number of aliphatic carboxylic acids is 1. The Labute approximate surface area is 146 Å². The second kappa shape index (κ2) is 5.65. The molecule has 0 aliphatic carbocycles. The van der Waals surface area contributed by atoms with Crippen molar-refractivity contribution >= 4 is 32.8 Å². The summed E-state index contributed by atoms with van der Waals surface area (Å²) in [5, 5.41) is 24.6. The van der Waals surface area contributed by atoms with Gasteiger partial charge in [-0.1, -0.05) is 34.1 Å². The van der Waals surface area contributed by atoms with Gasteiger partial charge in [0.2, 0.25) is 0 Å². The molecule has 0 radical (unpaired) electrons. The highest BCUT2D eigenvalue weighted by atomic mass is 79.9. The van der Waals surface area contributed by atoms with Crippen molar-refractivity contribution in [1.29, 1.82) is 0 Å². The van der Waals surface area contributed by atoms with E-state index in [4.69, 9.17) is 0 Å². The average molecular weight is 387 g/mol. The lowest BCUT2D eigenvalue weighted by Gasteiger charge is -2.29. The summed E-state index contributed by atoms with van der Waals surface area (Å²) in [6.07, 6.45) is 0.396. The van der Waals surface area contributed by atoms with Crippen LogP contribution in [0.2, 0.25) is 0 Å². The lowest BCUT2D eigenvalue weighted by Crippen LogP contribution is -2.95. The highest BCUT2D eigenvalue weighted by Gasteiger charge is 2.36. The zero-order valence-corrected chi connectivity index (χ0v) is 14.2. The smallest absolute Gasteiger partial charge is 0.157 e. The van der Waals surface area contributed by atoms with Crippen molar-refractivity contribution in [3.05, 3.63) is 63.8 Å². The summed E-state index contributed by atoms with van der Waals surface area (Å²) in [4.78, 5) is 14.9. The van der Waals surface area contributed by atoms with Crippen LogP contribution in [0.3, 0.4) is 0 Å². The Morgan fingerprint density at radius 1 is 1.29 bits per heavy atom. The van der Waals surface area contributed by atoms with Gasteiger partial charge in [-0.3, -0.25) is 0 Å². The van der Waals surface area contributed by atoms with Crippen molar-refractivity contribution in [1.82, 2.24) is 4.98 Å². The van der Waals surface area contributed by atoms with E-state index in [9.17, 15) is 15.0 Å². The number of aromatic amines is 1. The van der Waals surface area contributed by atoms with Crippen LogP contribution in [0, 0.1) is 0 Å². The van der Waals surface area contributed by atoms with E-state index in [1.54, 1.807) is 17.4 Å². The van der Waals surface area contributed by atoms with Crippen LogP contribution in [-0.4, -0.2) is 22.1 Å². The summed E-state index contributed by atoms with van der Waals surface area (Å²) in [6, 6.07) is 12.0. The highest BCUT2D eigenvalue weighted by molar-refractivity contribution is 9.10. The van der Waals surface area contributed by atoms with Crippen molar-refractivity contribution in [2.24, 2.45) is 0 Å². The van der Waals surface area contributed by atoms with Gasteiger partial charge in [-0.05, 0) is 29.8 Å². The van der Waals surface area contributed by atoms with Gasteiger partial charge < -0.3 is 25.3 Å². The molecule has 0 saturated carbocycles. The second-order valence-corrected chi connectivity index (χ2v) is 6.98. The van der Waals surface area contributed by atoms with Crippen molar-refractivity contribution in [3.8, 4) is 5.75 Å². The summed E-state index contributed by atoms with van der Waals surface area (Å²) >= 11 is 3.42. The summed E-state index contributed by atoms with van der Waals surface area (Å²) in [5.41, 5.74) is 3.55. The van der Waals surface area contributed by atoms with E-state index in [0.29, 0.717) is 12.0 Å². The number of carboxylic acid groups (broad SMARTS) is 1. The van der Waals surface area contributed by atoms with Crippen LogP contribution in [0.5, 0.6) is 5.75 Å². The van der Waals surface area contributed by atoms with Gasteiger partial charge in [0, 0.05) is 21.8 Å². The van der Waals surface area contributed by atoms with Crippen LogP contribution >= 0.6 is 15.9 Å². The predicted octanol–water partition coefficient (Wildman–Crippen LogP) is 0.963. The summed E-state index contributed by atoms with van der Waals surface area (Å²) in [5.74, 6) is -0.950. The minimum absolute atomic E-state index is 0.142. The number of hydrogen-bond acceptors (Lipinski definition) is 3. The number of aromatic hydroxyl groups is 1. The summed E-state index contributed by atoms with van der Waals surface area (Å²) in [7, 11) is 0. The molecule has 0 fully saturated rings. The van der Waals surface area contributed by atoms with E-state index >= 15 is 0 Å². The number of benzene rings is 2. The molecule has 24 heavy (non-hydrogen) atoms. The largest absolute Gasteiger partial charge is 0.544 e. The predicted molar refractivity (Wildman–Crippen MR) is 90.4 cm³/mol. The van der Waals surface area contributed by atoms with Crippen LogP contribution in [-0.2, 0) is 11.2 Å². The number of phenols is 1. The lowest BCUT2D eigenvalue weighted by molar-refractivity contribution is -0.717. The third kappa shape index (κ3) is 2.39. The molecule has 6 heteroatoms. The molecule has 3 aromatic rings. The second-order valence-electron chi connectivity index (χ2n) is 6.07. The number of H-pyrrole nitrogens is 1. The van der Waals surface area contributed by atoms with Gasteiger partial charge in [0.15, 0.2) is 6.04 Å². The third-order valence-corrected chi connectivity index (χ3v) is 5.13. The van der Waals surface area contributed by atoms with E-state index < -0.39 is 12.0 Å². The number of quaternary nitrogens is 1. The van der Waals surface area contributed by atoms with E-state index in [-0.39, 0.29) is 11.8 Å². The van der Waals surface area contributed by atoms with Gasteiger partial charge in [-0.25, -0.2) is 0 Å². The Morgan fingerprint density at radius 2 is 2.08 bits per heavy atom. The number of nitrogens with one attached hydrogen (secondary N) is 1. The average Bonchev–Trinajstić information content (AvgIpc) is 2.95. The molecule has 5 nitrogen and oxygen atoms in total. The Morgan fingerprint density at radius 3 is 2.88 bits per heavy atom. The SMILES string of the molecule is O=C([O-])[C@H]1Cc2c([nH]c3ccccc23)[C@@H](c2cc(Br)ccc2O)[NH2+]1. The zero-order valence-electron chi connectivity index (χ0n) is 12.6. The molecule has 2 aromatic carbocycles. The highest BCUT2D eigenvalue weighted by Crippen LogP contribution is 2.35. The van der Waals surface area contributed by atoms with Crippen molar-refractivity contribution < 1.29 is 20.3 Å². The maximum absolute atomic E-state index is 11.5. The van der Waals surface area contributed by atoms with Crippen LogP contribution in [0.4, 0.5) is 0 Å². The Kier molecular flexibility index (Phi) is 3.58. The summed E-state index contributed by atoms with van der Waals surface area (Å²) in [6.45, 7) is 0. The first-order valence-corrected chi connectivity index (χ1v) is 8.47. The molecule has 1 aliphatic rings. The Hall–Kier alpha value is -2.31. The number of carbonyl (C=O) groups is 1. The number of para-hydroxylation sites is 1. The minimum atomic E-state index is -1.09. The van der Waals surface area contributed by atoms with Crippen molar-refractivity contribution in [2.45, 2.75) is 18.5 Å². The van der Waals surface area contributed by atoms with Gasteiger partial charge in [0.05, 0.1) is 17.2 Å². The van der Waals surface area contributed by atoms with Gasteiger partial charge >= 0.3 is 0 Å². The number of nitrogens with two attached hydrogens (primary N) is 1. The number of halogens is 1. The van der Waals surface area contributed by atoms with E-state index in [1.807, 2.05) is 30.3 Å². The maximum Gasteiger partial charge on any atom is 0.157 e. The number of carboxylic acids is 1. The van der Waals surface area contributed by atoms with E-state index in [1.165, 1.54) is 0 Å². The number of carbonyl (C=O) groups excluding carboxylic acids is 1. The topological polar surface area (TPSA) is 92.8 Å². The third-order valence-electron chi connectivity index (χ3n) is 4.63. The molecule has 4 rings (SSSR count). The van der Waals surface area contributed by atoms with Gasteiger partial charge in [-0.15, -0.1) is 0 Å². The Bertz CT molecular complexity index is 951. The standard InChI is InChI=1S/C18H15BrN2O3/c19-9-5-6-15(22)12(7-9)17-16-11(8-14(21-17)18(23)24)10-3-1-2-4-13(10)20-16/h1-7,14,17,20-22H,8H2,(H,23,24)/t14-,17-/m1/s1. The molecule has 2 heterocycles. The van der Waals surface area contributed by atoms with Crippen LogP contribution in [0.1, 0.15) is 22.9 Å². The monoisotopic (exact) mass is 386 g/mol. The van der Waals surface area contributed by atoms with Gasteiger partial charge in [0.1, 0.15) is 11.8 Å². The molecule has 122 valence electrons.